The van der Waals surface area contributed by atoms with Crippen molar-refractivity contribution in [3.63, 3.8) is 0 Å². The molecule has 0 fully saturated rings. The number of amides is 3. The number of hydrogen-bond donors (Lipinski definition) is 2. The number of rotatable bonds is 6. The molecular weight excluding hydrogens is 428 g/mol. The van der Waals surface area contributed by atoms with Crippen LogP contribution in [0.25, 0.3) is 0 Å². The molecule has 0 saturated heterocycles. The van der Waals surface area contributed by atoms with Gasteiger partial charge in [0.15, 0.2) is 18.1 Å². The number of fused-ring (bicyclic) bond motifs is 1. The number of hydrogen-bond acceptors (Lipinski definition) is 7. The molecule has 168 valence electrons. The van der Waals surface area contributed by atoms with Crippen LogP contribution in [0.4, 0.5) is 10.5 Å². The van der Waals surface area contributed by atoms with Gasteiger partial charge in [0.2, 0.25) is 0 Å². The maximum Gasteiger partial charge on any atom is 0.338 e. The summed E-state index contributed by atoms with van der Waals surface area (Å²) in [5.41, 5.74) is 0.619. The van der Waals surface area contributed by atoms with Gasteiger partial charge in [-0.3, -0.25) is 10.1 Å². The average Bonchev–Trinajstić information content (AvgIpc) is 2.83. The third-order valence-electron chi connectivity index (χ3n) is 4.44. The Morgan fingerprint density at radius 1 is 0.818 bits per heavy atom. The molecule has 2 N–H and O–H groups in total. The van der Waals surface area contributed by atoms with E-state index >= 15 is 0 Å². The molecule has 3 amide bonds. The van der Waals surface area contributed by atoms with Gasteiger partial charge >= 0.3 is 12.0 Å². The van der Waals surface area contributed by atoms with E-state index in [1.807, 2.05) is 18.2 Å². The van der Waals surface area contributed by atoms with Crippen LogP contribution in [0.15, 0.2) is 72.8 Å². The number of imide groups is 1. The topological polar surface area (TPSA) is 112 Å². The summed E-state index contributed by atoms with van der Waals surface area (Å²) in [6.45, 7) is 0.239. The van der Waals surface area contributed by atoms with Crippen LogP contribution in [-0.4, -0.2) is 37.7 Å². The van der Waals surface area contributed by atoms with Gasteiger partial charge < -0.3 is 24.3 Å². The van der Waals surface area contributed by atoms with E-state index in [1.54, 1.807) is 42.5 Å². The Balaban J connectivity index is 1.26. The SMILES string of the molecule is O=C(COC(=O)c1cccc(Oc2ccccc2)c1)NC(=O)Nc1ccc2c(c1)OCCO2. The van der Waals surface area contributed by atoms with E-state index in [-0.39, 0.29) is 5.56 Å². The highest BCUT2D eigenvalue weighted by Crippen LogP contribution is 2.32. The molecule has 3 aromatic carbocycles. The van der Waals surface area contributed by atoms with Gasteiger partial charge in [0.05, 0.1) is 5.56 Å². The van der Waals surface area contributed by atoms with Crippen LogP contribution in [-0.2, 0) is 9.53 Å². The lowest BCUT2D eigenvalue weighted by Crippen LogP contribution is -2.37. The molecule has 0 atom stereocenters. The summed E-state index contributed by atoms with van der Waals surface area (Å²) in [4.78, 5) is 36.3. The minimum Gasteiger partial charge on any atom is -0.486 e. The maximum absolute atomic E-state index is 12.3. The smallest absolute Gasteiger partial charge is 0.338 e. The quantitative estimate of drug-likeness (QED) is 0.552. The molecule has 0 radical (unpaired) electrons. The van der Waals surface area contributed by atoms with E-state index in [0.717, 1.165) is 0 Å². The highest BCUT2D eigenvalue weighted by atomic mass is 16.6. The maximum atomic E-state index is 12.3. The number of carbonyl (C=O) groups is 3. The standard InChI is InChI=1S/C24H20N2O7/c27-22(26-24(29)25-17-9-10-20-21(14-17)31-12-11-30-20)15-32-23(28)16-5-4-8-19(13-16)33-18-6-2-1-3-7-18/h1-10,13-14H,11-12,15H2,(H2,25,26,27,29). The molecule has 0 unspecified atom stereocenters. The Morgan fingerprint density at radius 2 is 1.58 bits per heavy atom. The number of ether oxygens (including phenoxy) is 4. The Labute approximate surface area is 189 Å². The fraction of sp³-hybridized carbons (Fsp3) is 0.125. The van der Waals surface area contributed by atoms with Crippen LogP contribution in [0, 0.1) is 0 Å². The van der Waals surface area contributed by atoms with Gasteiger partial charge in [-0.1, -0.05) is 24.3 Å². The molecular formula is C24H20N2O7. The summed E-state index contributed by atoms with van der Waals surface area (Å²) in [7, 11) is 0. The largest absolute Gasteiger partial charge is 0.486 e. The monoisotopic (exact) mass is 448 g/mol. The minimum absolute atomic E-state index is 0.206. The van der Waals surface area contributed by atoms with Crippen molar-refractivity contribution in [3.8, 4) is 23.0 Å². The normalized spacial score (nSPS) is 11.8. The summed E-state index contributed by atoms with van der Waals surface area (Å²) in [5, 5.41) is 4.61. The van der Waals surface area contributed by atoms with Gasteiger partial charge in [-0.2, -0.15) is 0 Å². The van der Waals surface area contributed by atoms with Crippen LogP contribution >= 0.6 is 0 Å². The van der Waals surface area contributed by atoms with Gasteiger partial charge in [0.25, 0.3) is 5.91 Å². The van der Waals surface area contributed by atoms with Crippen molar-refractivity contribution in [3.05, 3.63) is 78.4 Å². The summed E-state index contributed by atoms with van der Waals surface area (Å²) in [6, 6.07) is 19.5. The lowest BCUT2D eigenvalue weighted by atomic mass is 10.2. The van der Waals surface area contributed by atoms with Gasteiger partial charge in [-0.15, -0.1) is 0 Å². The number of anilines is 1. The number of carbonyl (C=O) groups excluding carboxylic acids is 3. The second-order valence-electron chi connectivity index (χ2n) is 6.88. The predicted molar refractivity (Wildman–Crippen MR) is 118 cm³/mol. The summed E-state index contributed by atoms with van der Waals surface area (Å²) in [6.07, 6.45) is 0. The van der Waals surface area contributed by atoms with E-state index < -0.39 is 24.5 Å². The molecule has 33 heavy (non-hydrogen) atoms. The third kappa shape index (κ3) is 6.01. The van der Waals surface area contributed by atoms with Gasteiger partial charge in [0.1, 0.15) is 24.7 Å². The first-order valence-corrected chi connectivity index (χ1v) is 10.1. The zero-order valence-electron chi connectivity index (χ0n) is 17.4. The number of urea groups is 1. The van der Waals surface area contributed by atoms with Crippen molar-refractivity contribution in [1.82, 2.24) is 5.32 Å². The van der Waals surface area contributed by atoms with Crippen LogP contribution in [0.1, 0.15) is 10.4 Å². The number of esters is 1. The average molecular weight is 448 g/mol. The fourth-order valence-electron chi connectivity index (χ4n) is 2.97. The fourth-order valence-corrected chi connectivity index (χ4v) is 2.97. The minimum atomic E-state index is -0.782. The molecule has 3 aromatic rings. The van der Waals surface area contributed by atoms with Crippen molar-refractivity contribution in [2.45, 2.75) is 0 Å². The molecule has 1 aliphatic rings. The molecule has 9 heteroatoms. The van der Waals surface area contributed by atoms with Crippen molar-refractivity contribution < 1.29 is 33.3 Å². The lowest BCUT2D eigenvalue weighted by molar-refractivity contribution is -0.123. The van der Waals surface area contributed by atoms with Crippen molar-refractivity contribution in [2.24, 2.45) is 0 Å². The molecule has 4 rings (SSSR count). The molecule has 0 aliphatic carbocycles. The zero-order valence-corrected chi connectivity index (χ0v) is 17.4. The summed E-state index contributed by atoms with van der Waals surface area (Å²) in [5.74, 6) is 0.627. The molecule has 0 spiro atoms. The molecule has 1 aliphatic heterocycles. The van der Waals surface area contributed by atoms with E-state index in [4.69, 9.17) is 18.9 Å². The summed E-state index contributed by atoms with van der Waals surface area (Å²) >= 11 is 0. The highest BCUT2D eigenvalue weighted by molar-refractivity contribution is 6.02. The van der Waals surface area contributed by atoms with E-state index in [0.29, 0.717) is 41.9 Å². The molecule has 1 heterocycles. The number of nitrogens with one attached hydrogen (secondary N) is 2. The van der Waals surface area contributed by atoms with Crippen molar-refractivity contribution >= 4 is 23.6 Å². The van der Waals surface area contributed by atoms with Gasteiger partial charge in [0, 0.05) is 11.8 Å². The van der Waals surface area contributed by atoms with Gasteiger partial charge in [-0.25, -0.2) is 9.59 Å². The van der Waals surface area contributed by atoms with E-state index in [2.05, 4.69) is 10.6 Å². The first-order valence-electron chi connectivity index (χ1n) is 10.1. The lowest BCUT2D eigenvalue weighted by Gasteiger charge is -2.19. The van der Waals surface area contributed by atoms with Crippen molar-refractivity contribution in [1.29, 1.82) is 0 Å². The van der Waals surface area contributed by atoms with Crippen LogP contribution in [0.3, 0.4) is 0 Å². The van der Waals surface area contributed by atoms with Crippen LogP contribution < -0.4 is 24.8 Å². The number of para-hydroxylation sites is 1. The Bertz CT molecular complexity index is 1160. The highest BCUT2D eigenvalue weighted by Gasteiger charge is 2.15. The second-order valence-corrected chi connectivity index (χ2v) is 6.88. The first kappa shape index (κ1) is 21.7. The summed E-state index contributed by atoms with van der Waals surface area (Å²) < 4.78 is 21.5. The number of benzene rings is 3. The molecule has 0 aromatic heterocycles. The Hall–Kier alpha value is -4.53. The Morgan fingerprint density at radius 3 is 2.39 bits per heavy atom. The zero-order chi connectivity index (χ0) is 23.0. The molecule has 9 nitrogen and oxygen atoms in total. The van der Waals surface area contributed by atoms with E-state index in [1.165, 1.54) is 12.1 Å². The first-order chi connectivity index (χ1) is 16.1. The van der Waals surface area contributed by atoms with Crippen molar-refractivity contribution in [2.75, 3.05) is 25.1 Å². The molecule has 0 saturated carbocycles. The van der Waals surface area contributed by atoms with Gasteiger partial charge in [-0.05, 0) is 42.5 Å². The second kappa shape index (κ2) is 10.2. The predicted octanol–water partition coefficient (Wildman–Crippen LogP) is 3.76. The van der Waals surface area contributed by atoms with E-state index in [9.17, 15) is 14.4 Å². The third-order valence-corrected chi connectivity index (χ3v) is 4.44. The molecule has 0 bridgehead atoms. The Kier molecular flexibility index (Phi) is 6.70. The van der Waals surface area contributed by atoms with Crippen LogP contribution in [0.2, 0.25) is 0 Å². The van der Waals surface area contributed by atoms with Crippen LogP contribution in [0.5, 0.6) is 23.0 Å².